The fourth-order valence-electron chi connectivity index (χ4n) is 2.27. The van der Waals surface area contributed by atoms with Gasteiger partial charge in [0.25, 0.3) is 0 Å². The SMILES string of the molecule is CCOC(=O)CC[C@@H]1C[C@@H](Oc2cnn(C)c2)CN1. The van der Waals surface area contributed by atoms with E-state index in [1.54, 1.807) is 10.9 Å². The number of aromatic nitrogens is 2. The zero-order valence-electron chi connectivity index (χ0n) is 11.5. The van der Waals surface area contributed by atoms with E-state index < -0.39 is 0 Å². The van der Waals surface area contributed by atoms with E-state index in [1.165, 1.54) is 0 Å². The average Bonchev–Trinajstić information content (AvgIpc) is 2.97. The number of ether oxygens (including phenoxy) is 2. The van der Waals surface area contributed by atoms with Crippen molar-refractivity contribution in [1.29, 1.82) is 0 Å². The van der Waals surface area contributed by atoms with E-state index in [2.05, 4.69) is 10.4 Å². The number of rotatable bonds is 6. The lowest BCUT2D eigenvalue weighted by molar-refractivity contribution is -0.143. The largest absolute Gasteiger partial charge is 0.486 e. The van der Waals surface area contributed by atoms with Gasteiger partial charge in [0.15, 0.2) is 5.75 Å². The van der Waals surface area contributed by atoms with E-state index in [1.807, 2.05) is 20.2 Å². The second kappa shape index (κ2) is 6.56. The van der Waals surface area contributed by atoms with Crippen LogP contribution in [0.3, 0.4) is 0 Å². The van der Waals surface area contributed by atoms with Crippen LogP contribution in [-0.4, -0.2) is 41.0 Å². The number of hydrogen-bond acceptors (Lipinski definition) is 5. The van der Waals surface area contributed by atoms with Gasteiger partial charge in [0.05, 0.1) is 19.0 Å². The Labute approximate surface area is 113 Å². The highest BCUT2D eigenvalue weighted by Gasteiger charge is 2.26. The first-order chi connectivity index (χ1) is 9.17. The molecule has 0 bridgehead atoms. The quantitative estimate of drug-likeness (QED) is 0.775. The molecule has 1 N–H and O–H groups in total. The number of carbonyl (C=O) groups excluding carboxylic acids is 1. The predicted octanol–water partition coefficient (Wildman–Crippen LogP) is 0.873. The maximum Gasteiger partial charge on any atom is 0.305 e. The maximum atomic E-state index is 11.3. The van der Waals surface area contributed by atoms with Crippen LogP contribution in [-0.2, 0) is 16.6 Å². The second-order valence-corrected chi connectivity index (χ2v) is 4.77. The van der Waals surface area contributed by atoms with Crippen molar-refractivity contribution in [3.63, 3.8) is 0 Å². The van der Waals surface area contributed by atoms with E-state index in [0.29, 0.717) is 19.1 Å². The summed E-state index contributed by atoms with van der Waals surface area (Å²) in [6.45, 7) is 3.08. The highest BCUT2D eigenvalue weighted by molar-refractivity contribution is 5.69. The summed E-state index contributed by atoms with van der Waals surface area (Å²) in [5, 5.41) is 7.44. The van der Waals surface area contributed by atoms with Crippen LogP contribution >= 0.6 is 0 Å². The maximum absolute atomic E-state index is 11.3. The average molecular weight is 267 g/mol. The van der Waals surface area contributed by atoms with Crippen LogP contribution in [0, 0.1) is 0 Å². The Kier molecular flexibility index (Phi) is 4.79. The molecule has 1 aliphatic heterocycles. The molecule has 0 unspecified atom stereocenters. The molecule has 2 heterocycles. The van der Waals surface area contributed by atoms with Crippen LogP contribution in [0.5, 0.6) is 5.75 Å². The summed E-state index contributed by atoms with van der Waals surface area (Å²) in [7, 11) is 1.86. The van der Waals surface area contributed by atoms with Gasteiger partial charge in [-0.05, 0) is 13.3 Å². The second-order valence-electron chi connectivity index (χ2n) is 4.77. The van der Waals surface area contributed by atoms with Gasteiger partial charge in [-0.3, -0.25) is 9.48 Å². The van der Waals surface area contributed by atoms with Crippen molar-refractivity contribution >= 4 is 5.97 Å². The standard InChI is InChI=1S/C13H21N3O3/c1-3-18-13(17)5-4-10-6-11(7-14-10)19-12-8-15-16(2)9-12/h8-11,14H,3-7H2,1-2H3/t10-,11-/m1/s1. The van der Waals surface area contributed by atoms with Crippen molar-refractivity contribution in [2.75, 3.05) is 13.2 Å². The molecule has 19 heavy (non-hydrogen) atoms. The van der Waals surface area contributed by atoms with Crippen LogP contribution in [0.2, 0.25) is 0 Å². The third-order valence-electron chi connectivity index (χ3n) is 3.17. The minimum absolute atomic E-state index is 0.124. The summed E-state index contributed by atoms with van der Waals surface area (Å²) >= 11 is 0. The molecular formula is C13H21N3O3. The Balaban J connectivity index is 1.69. The lowest BCUT2D eigenvalue weighted by Gasteiger charge is -2.11. The number of esters is 1. The zero-order chi connectivity index (χ0) is 13.7. The Morgan fingerprint density at radius 2 is 2.47 bits per heavy atom. The molecule has 6 nitrogen and oxygen atoms in total. The lowest BCUT2D eigenvalue weighted by Crippen LogP contribution is -2.23. The number of nitrogens with one attached hydrogen (secondary N) is 1. The van der Waals surface area contributed by atoms with Crippen LogP contribution in [0.1, 0.15) is 26.2 Å². The molecule has 0 aromatic carbocycles. The molecule has 1 aromatic rings. The van der Waals surface area contributed by atoms with Gasteiger partial charge in [-0.2, -0.15) is 5.10 Å². The smallest absolute Gasteiger partial charge is 0.305 e. The highest BCUT2D eigenvalue weighted by Crippen LogP contribution is 2.18. The Bertz CT molecular complexity index is 419. The Morgan fingerprint density at radius 3 is 3.16 bits per heavy atom. The molecule has 1 saturated heterocycles. The first-order valence-electron chi connectivity index (χ1n) is 6.71. The highest BCUT2D eigenvalue weighted by atomic mass is 16.5. The molecule has 1 aromatic heterocycles. The van der Waals surface area contributed by atoms with E-state index in [9.17, 15) is 4.79 Å². The summed E-state index contributed by atoms with van der Waals surface area (Å²) in [5.74, 6) is 0.668. The number of nitrogens with zero attached hydrogens (tertiary/aromatic N) is 2. The van der Waals surface area contributed by atoms with E-state index in [0.717, 1.165) is 25.1 Å². The van der Waals surface area contributed by atoms with Crippen molar-refractivity contribution in [2.45, 2.75) is 38.3 Å². The Hall–Kier alpha value is -1.56. The van der Waals surface area contributed by atoms with Crippen molar-refractivity contribution in [1.82, 2.24) is 15.1 Å². The summed E-state index contributed by atoms with van der Waals surface area (Å²) < 4.78 is 12.5. The molecule has 0 radical (unpaired) electrons. The van der Waals surface area contributed by atoms with Crippen molar-refractivity contribution in [3.05, 3.63) is 12.4 Å². The summed E-state index contributed by atoms with van der Waals surface area (Å²) in [4.78, 5) is 11.3. The summed E-state index contributed by atoms with van der Waals surface area (Å²) in [6.07, 6.45) is 5.89. The molecule has 0 spiro atoms. The van der Waals surface area contributed by atoms with Crippen molar-refractivity contribution in [2.24, 2.45) is 7.05 Å². The molecular weight excluding hydrogens is 246 g/mol. The summed E-state index contributed by atoms with van der Waals surface area (Å²) in [5.41, 5.74) is 0. The molecule has 0 aliphatic carbocycles. The molecule has 106 valence electrons. The number of hydrogen-bond donors (Lipinski definition) is 1. The molecule has 1 aliphatic rings. The summed E-state index contributed by atoms with van der Waals surface area (Å²) in [6, 6.07) is 0.325. The van der Waals surface area contributed by atoms with Gasteiger partial charge in [-0.25, -0.2) is 0 Å². The topological polar surface area (TPSA) is 65.4 Å². The zero-order valence-corrected chi connectivity index (χ0v) is 11.5. The molecule has 6 heteroatoms. The van der Waals surface area contributed by atoms with Crippen LogP contribution in [0.4, 0.5) is 0 Å². The third-order valence-corrected chi connectivity index (χ3v) is 3.17. The van der Waals surface area contributed by atoms with Gasteiger partial charge in [0.2, 0.25) is 0 Å². The lowest BCUT2D eigenvalue weighted by atomic mass is 10.1. The molecule has 0 amide bonds. The molecule has 1 fully saturated rings. The van der Waals surface area contributed by atoms with Gasteiger partial charge in [-0.15, -0.1) is 0 Å². The monoisotopic (exact) mass is 267 g/mol. The first-order valence-corrected chi connectivity index (χ1v) is 6.71. The van der Waals surface area contributed by atoms with Crippen molar-refractivity contribution in [3.8, 4) is 5.75 Å². The minimum Gasteiger partial charge on any atom is -0.486 e. The molecule has 0 saturated carbocycles. The van der Waals surface area contributed by atoms with Gasteiger partial charge in [0.1, 0.15) is 6.10 Å². The molecule has 2 rings (SSSR count). The van der Waals surface area contributed by atoms with Gasteiger partial charge >= 0.3 is 5.97 Å². The van der Waals surface area contributed by atoms with E-state index in [-0.39, 0.29) is 12.1 Å². The number of aryl methyl sites for hydroxylation is 1. The molecule has 2 atom stereocenters. The minimum atomic E-state index is -0.124. The van der Waals surface area contributed by atoms with Crippen molar-refractivity contribution < 1.29 is 14.3 Å². The van der Waals surface area contributed by atoms with Gasteiger partial charge in [-0.1, -0.05) is 0 Å². The van der Waals surface area contributed by atoms with Gasteiger partial charge < -0.3 is 14.8 Å². The van der Waals surface area contributed by atoms with Gasteiger partial charge in [0, 0.05) is 32.5 Å². The predicted molar refractivity (Wildman–Crippen MR) is 69.9 cm³/mol. The third kappa shape index (κ3) is 4.24. The normalized spacial score (nSPS) is 22.4. The van der Waals surface area contributed by atoms with Crippen LogP contribution in [0.15, 0.2) is 12.4 Å². The van der Waals surface area contributed by atoms with E-state index in [4.69, 9.17) is 9.47 Å². The fraction of sp³-hybridized carbons (Fsp3) is 0.692. The Morgan fingerprint density at radius 1 is 1.63 bits per heavy atom. The fourth-order valence-corrected chi connectivity index (χ4v) is 2.27. The van der Waals surface area contributed by atoms with Crippen LogP contribution in [0.25, 0.3) is 0 Å². The van der Waals surface area contributed by atoms with Crippen LogP contribution < -0.4 is 10.1 Å². The van der Waals surface area contributed by atoms with E-state index >= 15 is 0 Å². The number of carbonyl (C=O) groups is 1. The first kappa shape index (κ1) is 13.9.